The molecule has 0 atom stereocenters. The Morgan fingerprint density at radius 3 is 2.34 bits per heavy atom. The molecule has 0 amide bonds. The summed E-state index contributed by atoms with van der Waals surface area (Å²) in [5, 5.41) is 3.69. The molecular weight excluding hydrogens is 373 g/mol. The monoisotopic (exact) mass is 391 g/mol. The van der Waals surface area contributed by atoms with Crippen LogP contribution in [-0.4, -0.2) is 24.2 Å². The fourth-order valence-electron chi connectivity index (χ4n) is 2.90. The van der Waals surface area contributed by atoms with Gasteiger partial charge in [-0.25, -0.2) is 14.4 Å². The van der Waals surface area contributed by atoms with Gasteiger partial charge in [-0.1, -0.05) is 18.2 Å². The lowest BCUT2D eigenvalue weighted by Crippen LogP contribution is -2.00. The summed E-state index contributed by atoms with van der Waals surface area (Å²) in [6, 6.07) is 17.3. The molecule has 4 aromatic rings. The zero-order chi connectivity index (χ0) is 20.2. The smallest absolute Gasteiger partial charge is 0.162 e. The lowest BCUT2D eigenvalue weighted by Gasteiger charge is -2.13. The van der Waals surface area contributed by atoms with Crippen molar-refractivity contribution in [3.8, 4) is 23.0 Å². The second kappa shape index (κ2) is 8.02. The highest BCUT2D eigenvalue weighted by molar-refractivity contribution is 5.93. The molecule has 0 aliphatic rings. The lowest BCUT2D eigenvalue weighted by atomic mass is 10.2. The van der Waals surface area contributed by atoms with Crippen LogP contribution in [0.2, 0.25) is 0 Å². The number of nitrogens with zero attached hydrogens (tertiary/aromatic N) is 2. The summed E-state index contributed by atoms with van der Waals surface area (Å²) in [6.07, 6.45) is 1.40. The number of benzene rings is 3. The first-order valence-corrected chi connectivity index (χ1v) is 8.84. The average Bonchev–Trinajstić information content (AvgIpc) is 2.76. The van der Waals surface area contributed by atoms with E-state index in [2.05, 4.69) is 15.3 Å². The van der Waals surface area contributed by atoms with Crippen molar-refractivity contribution in [3.63, 3.8) is 0 Å². The van der Waals surface area contributed by atoms with Crippen molar-refractivity contribution in [2.45, 2.75) is 0 Å². The Morgan fingerprint density at radius 2 is 1.59 bits per heavy atom. The van der Waals surface area contributed by atoms with E-state index in [0.29, 0.717) is 39.7 Å². The number of anilines is 2. The van der Waals surface area contributed by atoms with Crippen molar-refractivity contribution < 1.29 is 18.6 Å². The molecule has 1 N–H and O–H groups in total. The molecule has 29 heavy (non-hydrogen) atoms. The van der Waals surface area contributed by atoms with Gasteiger partial charge >= 0.3 is 0 Å². The SMILES string of the molecule is COc1cc2ncnc(Nc3cc(Oc4ccccc4)ccc3F)c2cc1OC. The van der Waals surface area contributed by atoms with Gasteiger partial charge in [0.15, 0.2) is 11.5 Å². The number of methoxy groups -OCH3 is 2. The lowest BCUT2D eigenvalue weighted by molar-refractivity contribution is 0.356. The quantitative estimate of drug-likeness (QED) is 0.480. The fraction of sp³-hybridized carbons (Fsp3) is 0.0909. The molecule has 0 fully saturated rings. The van der Waals surface area contributed by atoms with Crippen LogP contribution in [0, 0.1) is 5.82 Å². The Balaban J connectivity index is 1.70. The number of aromatic nitrogens is 2. The van der Waals surface area contributed by atoms with Crippen molar-refractivity contribution in [2.75, 3.05) is 19.5 Å². The largest absolute Gasteiger partial charge is 0.493 e. The standard InChI is InChI=1S/C22H18FN3O3/c1-27-20-11-16-18(12-21(20)28-2)24-13-25-22(16)26-19-10-15(8-9-17(19)23)29-14-6-4-3-5-7-14/h3-13H,1-2H3,(H,24,25,26). The third-order valence-electron chi connectivity index (χ3n) is 4.31. The molecule has 146 valence electrons. The van der Waals surface area contributed by atoms with E-state index in [4.69, 9.17) is 14.2 Å². The molecule has 3 aromatic carbocycles. The van der Waals surface area contributed by atoms with Gasteiger partial charge in [-0.3, -0.25) is 0 Å². The van der Waals surface area contributed by atoms with Crippen molar-refractivity contribution in [2.24, 2.45) is 0 Å². The molecule has 0 unspecified atom stereocenters. The Morgan fingerprint density at radius 1 is 0.828 bits per heavy atom. The van der Waals surface area contributed by atoms with Gasteiger partial charge in [-0.15, -0.1) is 0 Å². The first-order valence-electron chi connectivity index (χ1n) is 8.84. The van der Waals surface area contributed by atoms with Crippen LogP contribution < -0.4 is 19.5 Å². The summed E-state index contributed by atoms with van der Waals surface area (Å²) in [6.45, 7) is 0. The molecule has 0 saturated heterocycles. The van der Waals surface area contributed by atoms with Gasteiger partial charge < -0.3 is 19.5 Å². The van der Waals surface area contributed by atoms with Crippen LogP contribution in [0.5, 0.6) is 23.0 Å². The van der Waals surface area contributed by atoms with E-state index in [1.54, 1.807) is 38.5 Å². The van der Waals surface area contributed by atoms with Gasteiger partial charge in [0, 0.05) is 17.5 Å². The molecule has 0 radical (unpaired) electrons. The number of rotatable bonds is 6. The van der Waals surface area contributed by atoms with Gasteiger partial charge in [0.05, 0.1) is 25.4 Å². The molecule has 4 rings (SSSR count). The summed E-state index contributed by atoms with van der Waals surface area (Å²) in [5.74, 6) is 2.24. The van der Waals surface area contributed by atoms with E-state index in [-0.39, 0.29) is 5.69 Å². The molecule has 0 bridgehead atoms. The van der Waals surface area contributed by atoms with Gasteiger partial charge in [-0.05, 0) is 30.3 Å². The second-order valence-electron chi connectivity index (χ2n) is 6.13. The van der Waals surface area contributed by atoms with E-state index in [1.807, 2.05) is 30.3 Å². The van der Waals surface area contributed by atoms with E-state index in [0.717, 1.165) is 0 Å². The van der Waals surface area contributed by atoms with E-state index < -0.39 is 5.82 Å². The number of halogens is 1. The minimum Gasteiger partial charge on any atom is -0.493 e. The van der Waals surface area contributed by atoms with Crippen molar-refractivity contribution >= 4 is 22.4 Å². The molecule has 1 heterocycles. The maximum Gasteiger partial charge on any atom is 0.162 e. The van der Waals surface area contributed by atoms with Gasteiger partial charge in [0.25, 0.3) is 0 Å². The highest BCUT2D eigenvalue weighted by Gasteiger charge is 2.13. The Bertz CT molecular complexity index is 1150. The Labute approximate surface area is 166 Å². The van der Waals surface area contributed by atoms with E-state index >= 15 is 0 Å². The summed E-state index contributed by atoms with van der Waals surface area (Å²) in [4.78, 5) is 8.52. The van der Waals surface area contributed by atoms with Crippen LogP contribution in [0.1, 0.15) is 0 Å². The maximum atomic E-state index is 14.5. The predicted molar refractivity (Wildman–Crippen MR) is 109 cm³/mol. The number of nitrogens with one attached hydrogen (secondary N) is 1. The van der Waals surface area contributed by atoms with Crippen molar-refractivity contribution in [1.29, 1.82) is 0 Å². The molecule has 0 aliphatic heterocycles. The van der Waals surface area contributed by atoms with Crippen LogP contribution in [0.4, 0.5) is 15.9 Å². The topological polar surface area (TPSA) is 65.5 Å². The first kappa shape index (κ1) is 18.5. The minimum absolute atomic E-state index is 0.230. The Hall–Kier alpha value is -3.87. The molecule has 0 saturated carbocycles. The summed E-state index contributed by atoms with van der Waals surface area (Å²) >= 11 is 0. The van der Waals surface area contributed by atoms with Gasteiger partial charge in [0.2, 0.25) is 0 Å². The number of fused-ring (bicyclic) bond motifs is 1. The molecular formula is C22H18FN3O3. The van der Waals surface area contributed by atoms with Crippen LogP contribution in [0.25, 0.3) is 10.9 Å². The normalized spacial score (nSPS) is 10.6. The van der Waals surface area contributed by atoms with Gasteiger partial charge in [-0.2, -0.15) is 0 Å². The number of hydrogen-bond donors (Lipinski definition) is 1. The van der Waals surface area contributed by atoms with E-state index in [9.17, 15) is 4.39 Å². The average molecular weight is 391 g/mol. The van der Waals surface area contributed by atoms with Crippen molar-refractivity contribution in [3.05, 3.63) is 72.8 Å². The minimum atomic E-state index is -0.433. The van der Waals surface area contributed by atoms with Crippen LogP contribution in [-0.2, 0) is 0 Å². The third-order valence-corrected chi connectivity index (χ3v) is 4.31. The maximum absolute atomic E-state index is 14.5. The zero-order valence-electron chi connectivity index (χ0n) is 15.8. The predicted octanol–water partition coefficient (Wildman–Crippen LogP) is 5.32. The van der Waals surface area contributed by atoms with Gasteiger partial charge in [0.1, 0.15) is 29.5 Å². The zero-order valence-corrected chi connectivity index (χ0v) is 15.8. The number of ether oxygens (including phenoxy) is 3. The number of para-hydroxylation sites is 1. The number of hydrogen-bond acceptors (Lipinski definition) is 6. The summed E-state index contributed by atoms with van der Waals surface area (Å²) in [5.41, 5.74) is 0.866. The Kier molecular flexibility index (Phi) is 5.11. The van der Waals surface area contributed by atoms with Crippen molar-refractivity contribution in [1.82, 2.24) is 9.97 Å². The van der Waals surface area contributed by atoms with Crippen LogP contribution in [0.15, 0.2) is 67.0 Å². The summed E-state index contributed by atoms with van der Waals surface area (Å²) in [7, 11) is 3.10. The highest BCUT2D eigenvalue weighted by atomic mass is 19.1. The first-order chi connectivity index (χ1) is 14.2. The molecule has 0 aliphatic carbocycles. The fourth-order valence-corrected chi connectivity index (χ4v) is 2.90. The molecule has 6 nitrogen and oxygen atoms in total. The third kappa shape index (κ3) is 3.89. The second-order valence-corrected chi connectivity index (χ2v) is 6.13. The highest BCUT2D eigenvalue weighted by Crippen LogP contribution is 2.35. The molecule has 7 heteroatoms. The van der Waals surface area contributed by atoms with E-state index in [1.165, 1.54) is 12.4 Å². The summed E-state index contributed by atoms with van der Waals surface area (Å²) < 4.78 is 30.9. The molecule has 0 spiro atoms. The van der Waals surface area contributed by atoms with Crippen LogP contribution >= 0.6 is 0 Å². The molecule has 1 aromatic heterocycles. The van der Waals surface area contributed by atoms with Crippen LogP contribution in [0.3, 0.4) is 0 Å².